The van der Waals surface area contributed by atoms with Crippen LogP contribution in [-0.4, -0.2) is 151 Å². The van der Waals surface area contributed by atoms with Crippen molar-refractivity contribution >= 4 is 88.1 Å². The van der Waals surface area contributed by atoms with E-state index in [4.69, 9.17) is 5.73 Å². The number of halogens is 3. The average molecular weight is 1210 g/mol. The summed E-state index contributed by atoms with van der Waals surface area (Å²) in [5.41, 5.74) is 2.38. The van der Waals surface area contributed by atoms with Crippen LogP contribution in [0.25, 0.3) is 10.1 Å². The van der Waals surface area contributed by atoms with E-state index in [1.54, 1.807) is 17.0 Å². The third kappa shape index (κ3) is 13.9. The molecule has 0 saturated carbocycles. The third-order valence-electron chi connectivity index (χ3n) is 16.4. The zero-order valence-electron chi connectivity index (χ0n) is 46.2. The van der Waals surface area contributed by atoms with Crippen LogP contribution in [0.4, 0.5) is 13.2 Å². The summed E-state index contributed by atoms with van der Waals surface area (Å²) >= 11 is 0.847. The highest BCUT2D eigenvalue weighted by Gasteiger charge is 2.51. The molecule has 8 N–H and O–H groups in total. The van der Waals surface area contributed by atoms with E-state index in [2.05, 4.69) is 33.1 Å². The topological polar surface area (TPSA) is 315 Å². The molecule has 22 nitrogen and oxygen atoms in total. The molecule has 0 bridgehead atoms. The molecule has 0 aliphatic carbocycles. The molecular formula is C58H63F3N9O13PS. The quantitative estimate of drug-likeness (QED) is 0.0454. The van der Waals surface area contributed by atoms with Gasteiger partial charge in [0.05, 0.1) is 4.88 Å². The molecule has 450 valence electrons. The standard InChI is InChI=1S/C58H63F3N9O13PS/c1-32(71)68-26-23-39-14-16-46(70(39)57(80)44(31-68)65-54(77)48-29-36-28-37(11-18-47(36)85-48)58(60,61)84(81,82)83)53(76)63-42(15-19-49(62)72)51(74)64-43(27-34-9-12-38(59)13-10-34)56(79)67-24-21-33(22-25-67)5-2-3-6-35-7-4-8-40-41(35)30-69(55(40)78)45-17-20-50(73)66-52(45)75/h4,7-13,18,28-29,33,39,42-46H,2,5,14-17,19-27,30-31H2,1H3,(H2,62,72)(H,63,76)(H,64,74)(H,65,77)(H,66,73,75)(H2,81,82,83)/t39-,42?,43?,44+,45?,46+/m1/s1. The van der Waals surface area contributed by atoms with Crippen LogP contribution >= 0.6 is 18.9 Å². The number of primary amides is 1. The molecule has 3 unspecified atom stereocenters. The Hall–Kier alpha value is -7.98. The predicted molar refractivity (Wildman–Crippen MR) is 300 cm³/mol. The molecule has 3 aromatic carbocycles. The third-order valence-corrected chi connectivity index (χ3v) is 18.5. The fraction of sp³-hybridized carbons (Fsp3) is 0.448. The summed E-state index contributed by atoms with van der Waals surface area (Å²) in [7, 11) is -5.91. The zero-order valence-corrected chi connectivity index (χ0v) is 47.9. The Morgan fingerprint density at radius 3 is 2.32 bits per heavy atom. The van der Waals surface area contributed by atoms with Crippen molar-refractivity contribution in [3.8, 4) is 11.8 Å². The first-order chi connectivity index (χ1) is 40.4. The van der Waals surface area contributed by atoms with Gasteiger partial charge in [0.1, 0.15) is 36.0 Å². The minimum Gasteiger partial charge on any atom is -0.370 e. The molecule has 5 aliphatic rings. The van der Waals surface area contributed by atoms with Crippen molar-refractivity contribution in [1.29, 1.82) is 0 Å². The van der Waals surface area contributed by atoms with Gasteiger partial charge in [0.15, 0.2) is 0 Å². The number of carbonyl (C=O) groups excluding carboxylic acids is 10. The van der Waals surface area contributed by atoms with E-state index in [0.717, 1.165) is 23.5 Å². The second-order valence-corrected chi connectivity index (χ2v) is 24.8. The number of rotatable bonds is 17. The monoisotopic (exact) mass is 1210 g/mol. The van der Waals surface area contributed by atoms with E-state index in [9.17, 15) is 75.5 Å². The number of likely N-dealkylation sites (tertiary alicyclic amines) is 1. The number of thiophene rings is 1. The van der Waals surface area contributed by atoms with Gasteiger partial charge in [-0.2, -0.15) is 8.78 Å². The van der Waals surface area contributed by atoms with Crippen LogP contribution in [0.3, 0.4) is 0 Å². The largest absolute Gasteiger partial charge is 0.399 e. The highest BCUT2D eigenvalue weighted by molar-refractivity contribution is 7.52. The Labute approximate surface area is 489 Å². The van der Waals surface area contributed by atoms with Gasteiger partial charge in [-0.3, -0.25) is 57.8 Å². The number of piperidine rings is 2. The number of nitrogens with one attached hydrogen (secondary N) is 4. The first-order valence-electron chi connectivity index (χ1n) is 27.9. The van der Waals surface area contributed by atoms with Gasteiger partial charge < -0.3 is 51.1 Å². The van der Waals surface area contributed by atoms with Gasteiger partial charge in [-0.15, -0.1) is 11.3 Å². The Morgan fingerprint density at radius 2 is 1.62 bits per heavy atom. The molecule has 0 radical (unpaired) electrons. The molecule has 27 heteroatoms. The molecular weight excluding hydrogens is 1150 g/mol. The van der Waals surface area contributed by atoms with Crippen molar-refractivity contribution in [2.75, 3.05) is 26.2 Å². The molecule has 9 rings (SSSR count). The molecule has 10 amide bonds. The van der Waals surface area contributed by atoms with Gasteiger partial charge in [0.2, 0.25) is 47.3 Å². The van der Waals surface area contributed by atoms with Crippen LogP contribution < -0.4 is 27.0 Å². The molecule has 0 spiro atoms. The van der Waals surface area contributed by atoms with Gasteiger partial charge in [-0.1, -0.05) is 36.1 Å². The summed E-state index contributed by atoms with van der Waals surface area (Å²) in [6.45, 7) is 1.93. The Bertz CT molecular complexity index is 3470. The highest BCUT2D eigenvalue weighted by Crippen LogP contribution is 2.59. The Morgan fingerprint density at radius 1 is 0.894 bits per heavy atom. The first kappa shape index (κ1) is 61.6. The normalized spacial score (nSPS) is 21.0. The minimum absolute atomic E-state index is 0.0575. The maximum atomic E-state index is 14.7. The number of fused-ring (bicyclic) bond motifs is 3. The van der Waals surface area contributed by atoms with Crippen molar-refractivity contribution in [1.82, 2.24) is 40.9 Å². The van der Waals surface area contributed by atoms with E-state index >= 15 is 0 Å². The molecule has 5 aliphatic heterocycles. The van der Waals surface area contributed by atoms with Gasteiger partial charge in [-0.25, -0.2) is 4.39 Å². The SMILES string of the molecule is CC(=O)N1CC[C@H]2CC[C@@H](C(=O)NC(CCC(N)=O)C(=O)NC(Cc3ccc(F)cc3)C(=O)N3CCC(CCC#Cc4cccc5c4CN(C4CCC(=O)NC4=O)C5=O)CC3)N2C(=O)[C@@H](NC(=O)c2cc3cc(C(F)(F)P(=O)(O)O)ccc3s2)C1. The van der Waals surface area contributed by atoms with Crippen LogP contribution in [0.15, 0.2) is 66.7 Å². The number of hydrogen-bond acceptors (Lipinski definition) is 12. The van der Waals surface area contributed by atoms with E-state index in [1.807, 2.05) is 6.07 Å². The van der Waals surface area contributed by atoms with Gasteiger partial charge in [0.25, 0.3) is 11.8 Å². The predicted octanol–water partition coefficient (Wildman–Crippen LogP) is 3.29. The van der Waals surface area contributed by atoms with Crippen LogP contribution in [0, 0.1) is 23.6 Å². The maximum absolute atomic E-state index is 14.7. The van der Waals surface area contributed by atoms with E-state index < -0.39 is 108 Å². The lowest BCUT2D eigenvalue weighted by atomic mass is 9.91. The van der Waals surface area contributed by atoms with Crippen LogP contribution in [0.5, 0.6) is 0 Å². The molecule has 4 fully saturated rings. The number of alkyl halides is 2. The van der Waals surface area contributed by atoms with E-state index in [1.165, 1.54) is 58.0 Å². The van der Waals surface area contributed by atoms with Crippen molar-refractivity contribution < 1.29 is 75.5 Å². The summed E-state index contributed by atoms with van der Waals surface area (Å²) in [5.74, 6) is -0.00563. The summed E-state index contributed by atoms with van der Waals surface area (Å²) in [5, 5.41) is 10.5. The molecule has 6 atom stereocenters. The van der Waals surface area contributed by atoms with Gasteiger partial charge in [-0.05, 0) is 116 Å². The molecule has 1 aromatic heterocycles. The molecule has 6 heterocycles. The second kappa shape index (κ2) is 25.7. The van der Waals surface area contributed by atoms with Crippen LogP contribution in [-0.2, 0) is 61.6 Å². The zero-order chi connectivity index (χ0) is 61.1. The fourth-order valence-corrected chi connectivity index (χ4v) is 13.1. The summed E-state index contributed by atoms with van der Waals surface area (Å²) in [4.78, 5) is 159. The summed E-state index contributed by atoms with van der Waals surface area (Å²) in [6, 6.07) is 7.91. The molecule has 85 heavy (non-hydrogen) atoms. The summed E-state index contributed by atoms with van der Waals surface area (Å²) in [6.07, 6.45) is 2.63. The lowest BCUT2D eigenvalue weighted by Crippen LogP contribution is -2.62. The van der Waals surface area contributed by atoms with Crippen LogP contribution in [0.2, 0.25) is 0 Å². The lowest BCUT2D eigenvalue weighted by molar-refractivity contribution is -0.145. The lowest BCUT2D eigenvalue weighted by Gasteiger charge is -2.38. The fourth-order valence-electron chi connectivity index (χ4n) is 11.7. The smallest absolute Gasteiger partial charge is 0.370 e. The number of benzene rings is 3. The maximum Gasteiger partial charge on any atom is 0.399 e. The van der Waals surface area contributed by atoms with Crippen molar-refractivity contribution in [3.05, 3.63) is 105 Å². The minimum atomic E-state index is -5.91. The number of imide groups is 1. The van der Waals surface area contributed by atoms with E-state index in [-0.39, 0.29) is 99.0 Å². The summed E-state index contributed by atoms with van der Waals surface area (Å²) < 4.78 is 55.2. The second-order valence-electron chi connectivity index (χ2n) is 22.0. The highest BCUT2D eigenvalue weighted by atomic mass is 32.1. The van der Waals surface area contributed by atoms with Crippen molar-refractivity contribution in [2.45, 2.75) is 132 Å². The number of nitrogens with two attached hydrogens (primary N) is 1. The average Bonchev–Trinajstić information content (AvgIpc) is 2.76. The van der Waals surface area contributed by atoms with Gasteiger partial charge in [0, 0.05) is 92.8 Å². The van der Waals surface area contributed by atoms with Crippen molar-refractivity contribution in [3.63, 3.8) is 0 Å². The number of amides is 10. The van der Waals surface area contributed by atoms with Gasteiger partial charge >= 0.3 is 13.3 Å². The Balaban J connectivity index is 0.854. The van der Waals surface area contributed by atoms with Crippen molar-refractivity contribution in [2.24, 2.45) is 11.7 Å². The molecule has 4 aromatic rings. The first-order valence-corrected chi connectivity index (χ1v) is 30.3. The van der Waals surface area contributed by atoms with E-state index in [0.29, 0.717) is 65.7 Å². The van der Waals surface area contributed by atoms with Crippen LogP contribution in [0.1, 0.15) is 120 Å². The molecule has 4 saturated heterocycles. The number of hydrogen-bond donors (Lipinski definition) is 7. The number of carbonyl (C=O) groups is 10. The number of nitrogens with zero attached hydrogens (tertiary/aromatic N) is 4. The Kier molecular flexibility index (Phi) is 18.6.